The van der Waals surface area contributed by atoms with Crippen LogP contribution in [0.2, 0.25) is 0 Å². The summed E-state index contributed by atoms with van der Waals surface area (Å²) in [4.78, 5) is 2.62. The Morgan fingerprint density at radius 3 is 2.46 bits per heavy atom. The summed E-state index contributed by atoms with van der Waals surface area (Å²) in [6, 6.07) is 16.7. The summed E-state index contributed by atoms with van der Waals surface area (Å²) in [5, 5.41) is 12.3. The molecule has 0 aromatic heterocycles. The number of piperidine rings is 1. The molecule has 2 N–H and O–H groups in total. The van der Waals surface area contributed by atoms with Crippen LogP contribution in [-0.2, 0) is 16.6 Å². The zero-order valence-corrected chi connectivity index (χ0v) is 15.1. The molecule has 0 bridgehead atoms. The van der Waals surface area contributed by atoms with Crippen molar-refractivity contribution in [2.45, 2.75) is 29.9 Å². The van der Waals surface area contributed by atoms with Crippen molar-refractivity contribution in [1.29, 1.82) is 5.26 Å². The molecule has 4 rings (SSSR count). The van der Waals surface area contributed by atoms with Gasteiger partial charge in [0, 0.05) is 19.6 Å². The number of rotatable bonds is 2. The Bertz CT molecular complexity index is 956. The lowest BCUT2D eigenvalue weighted by Crippen LogP contribution is -2.61. The second kappa shape index (κ2) is 6.40. The molecule has 2 aromatic rings. The zero-order chi connectivity index (χ0) is 18.2. The minimum absolute atomic E-state index is 0.311. The van der Waals surface area contributed by atoms with Crippen LogP contribution in [0, 0.1) is 11.3 Å². The zero-order valence-electron chi connectivity index (χ0n) is 14.3. The van der Waals surface area contributed by atoms with E-state index in [0.29, 0.717) is 29.0 Å². The van der Waals surface area contributed by atoms with Gasteiger partial charge in [0.25, 0.3) is 0 Å². The normalized spacial score (nSPS) is 20.7. The van der Waals surface area contributed by atoms with Gasteiger partial charge in [-0.15, -0.1) is 0 Å². The number of hydrogen-bond donors (Lipinski definition) is 2. The predicted octanol–water partition coefficient (Wildman–Crippen LogP) is 2.25. The van der Waals surface area contributed by atoms with Gasteiger partial charge in [-0.1, -0.05) is 24.3 Å². The summed E-state index contributed by atoms with van der Waals surface area (Å²) in [5.41, 5.74) is 1.87. The van der Waals surface area contributed by atoms with E-state index in [1.54, 1.807) is 12.1 Å². The number of sulfonamides is 1. The van der Waals surface area contributed by atoms with Gasteiger partial charge < -0.3 is 5.32 Å². The lowest BCUT2D eigenvalue weighted by molar-refractivity contribution is 0.159. The molecule has 26 heavy (non-hydrogen) atoms. The van der Waals surface area contributed by atoms with Crippen LogP contribution in [0.15, 0.2) is 53.4 Å². The smallest absolute Gasteiger partial charge is 0.244 e. The molecule has 0 atom stereocenters. The molecular formula is C19H20N4O2S. The van der Waals surface area contributed by atoms with Crippen LogP contribution < -0.4 is 10.0 Å². The van der Waals surface area contributed by atoms with Crippen molar-refractivity contribution >= 4 is 15.7 Å². The first-order valence-corrected chi connectivity index (χ1v) is 10.1. The minimum atomic E-state index is -3.50. The Balaban J connectivity index is 1.46. The van der Waals surface area contributed by atoms with E-state index in [9.17, 15) is 8.42 Å². The first-order valence-electron chi connectivity index (χ1n) is 8.62. The first kappa shape index (κ1) is 17.0. The largest absolute Gasteiger partial charge is 0.365 e. The van der Waals surface area contributed by atoms with Gasteiger partial charge in [-0.2, -0.15) is 9.98 Å². The van der Waals surface area contributed by atoms with E-state index in [4.69, 9.17) is 5.26 Å². The van der Waals surface area contributed by atoms with Crippen LogP contribution in [0.25, 0.3) is 0 Å². The van der Waals surface area contributed by atoms with Gasteiger partial charge >= 0.3 is 0 Å². The quantitative estimate of drug-likeness (QED) is 0.849. The summed E-state index contributed by atoms with van der Waals surface area (Å²) in [6.45, 7) is 2.38. The highest BCUT2D eigenvalue weighted by atomic mass is 32.2. The SMILES string of the molecule is N#Cc1ccc(CN2CCC3(CC2)Nc2ccccc2S(=O)(=O)N3)cc1. The van der Waals surface area contributed by atoms with Gasteiger partial charge in [-0.3, -0.25) is 4.90 Å². The van der Waals surface area contributed by atoms with Crippen molar-refractivity contribution in [3.8, 4) is 6.07 Å². The number of para-hydroxylation sites is 1. The average molecular weight is 368 g/mol. The number of anilines is 1. The highest BCUT2D eigenvalue weighted by molar-refractivity contribution is 7.89. The molecule has 0 aliphatic carbocycles. The van der Waals surface area contributed by atoms with Gasteiger partial charge in [0.1, 0.15) is 10.6 Å². The highest BCUT2D eigenvalue weighted by Gasteiger charge is 2.42. The van der Waals surface area contributed by atoms with Gasteiger partial charge in [0.15, 0.2) is 0 Å². The van der Waals surface area contributed by atoms with Crippen molar-refractivity contribution in [3.63, 3.8) is 0 Å². The van der Waals surface area contributed by atoms with Gasteiger partial charge in [-0.05, 0) is 42.7 Å². The Hall–Kier alpha value is -2.40. The maximum absolute atomic E-state index is 12.6. The van der Waals surface area contributed by atoms with Crippen LogP contribution >= 0.6 is 0 Å². The van der Waals surface area contributed by atoms with Gasteiger partial charge in [0.2, 0.25) is 10.0 Å². The number of nitrogens with zero attached hydrogens (tertiary/aromatic N) is 2. The van der Waals surface area contributed by atoms with E-state index in [2.05, 4.69) is 21.0 Å². The molecule has 7 heteroatoms. The van der Waals surface area contributed by atoms with Crippen LogP contribution in [-0.4, -0.2) is 32.1 Å². The summed E-state index contributed by atoms with van der Waals surface area (Å²) in [6.07, 6.45) is 1.38. The number of hydrogen-bond acceptors (Lipinski definition) is 5. The van der Waals surface area contributed by atoms with Crippen molar-refractivity contribution in [3.05, 3.63) is 59.7 Å². The molecule has 2 aliphatic rings. The number of nitrogens with one attached hydrogen (secondary N) is 2. The van der Waals surface area contributed by atoms with E-state index in [1.807, 2.05) is 36.4 Å². The van der Waals surface area contributed by atoms with E-state index in [-0.39, 0.29) is 0 Å². The Morgan fingerprint density at radius 1 is 1.08 bits per heavy atom. The Labute approximate surface area is 153 Å². The maximum Gasteiger partial charge on any atom is 0.244 e. The highest BCUT2D eigenvalue weighted by Crippen LogP contribution is 2.34. The molecule has 2 aliphatic heterocycles. The number of benzene rings is 2. The molecule has 1 saturated heterocycles. The third kappa shape index (κ3) is 3.19. The summed E-state index contributed by atoms with van der Waals surface area (Å²) < 4.78 is 28.0. The van der Waals surface area contributed by atoms with Gasteiger partial charge in [0.05, 0.1) is 17.3 Å². The van der Waals surface area contributed by atoms with Crippen molar-refractivity contribution in [2.24, 2.45) is 0 Å². The monoisotopic (exact) mass is 368 g/mol. The molecule has 2 aromatic carbocycles. The number of nitriles is 1. The molecule has 0 saturated carbocycles. The van der Waals surface area contributed by atoms with Gasteiger partial charge in [-0.25, -0.2) is 8.42 Å². The number of fused-ring (bicyclic) bond motifs is 1. The topological polar surface area (TPSA) is 85.2 Å². The fourth-order valence-corrected chi connectivity index (χ4v) is 5.21. The second-order valence-electron chi connectivity index (χ2n) is 6.89. The van der Waals surface area contributed by atoms with Crippen LogP contribution in [0.5, 0.6) is 0 Å². The second-order valence-corrected chi connectivity index (χ2v) is 8.54. The summed E-state index contributed by atoms with van der Waals surface area (Å²) in [5.74, 6) is 0. The fraction of sp³-hybridized carbons (Fsp3) is 0.316. The van der Waals surface area contributed by atoms with E-state index in [0.717, 1.165) is 25.2 Å². The lowest BCUT2D eigenvalue weighted by atomic mass is 9.96. The standard InChI is InChI=1S/C19H20N4O2S/c20-13-15-5-7-16(8-6-15)14-23-11-9-19(10-12-23)21-17-3-1-2-4-18(17)26(24,25)22-19/h1-8,21-22H,9-12,14H2. The average Bonchev–Trinajstić information content (AvgIpc) is 2.64. The Morgan fingerprint density at radius 2 is 1.77 bits per heavy atom. The predicted molar refractivity (Wildman–Crippen MR) is 98.8 cm³/mol. The molecule has 2 heterocycles. The minimum Gasteiger partial charge on any atom is -0.365 e. The van der Waals surface area contributed by atoms with Crippen LogP contribution in [0.3, 0.4) is 0 Å². The molecular weight excluding hydrogens is 348 g/mol. The number of likely N-dealkylation sites (tertiary alicyclic amines) is 1. The van der Waals surface area contributed by atoms with Crippen LogP contribution in [0.1, 0.15) is 24.0 Å². The van der Waals surface area contributed by atoms with E-state index in [1.165, 1.54) is 0 Å². The molecule has 134 valence electrons. The lowest BCUT2D eigenvalue weighted by Gasteiger charge is -2.45. The molecule has 6 nitrogen and oxygen atoms in total. The third-order valence-corrected chi connectivity index (χ3v) is 6.67. The van der Waals surface area contributed by atoms with E-state index < -0.39 is 15.7 Å². The first-order chi connectivity index (χ1) is 12.5. The molecule has 1 spiro atoms. The van der Waals surface area contributed by atoms with Crippen molar-refractivity contribution in [1.82, 2.24) is 9.62 Å². The summed E-state index contributed by atoms with van der Waals surface area (Å²) in [7, 11) is -3.50. The summed E-state index contributed by atoms with van der Waals surface area (Å²) >= 11 is 0. The molecule has 0 amide bonds. The molecule has 0 radical (unpaired) electrons. The maximum atomic E-state index is 12.6. The fourth-order valence-electron chi connectivity index (χ4n) is 3.66. The molecule has 0 unspecified atom stereocenters. The van der Waals surface area contributed by atoms with Crippen molar-refractivity contribution < 1.29 is 8.42 Å². The van der Waals surface area contributed by atoms with Crippen LogP contribution in [0.4, 0.5) is 5.69 Å². The third-order valence-electron chi connectivity index (χ3n) is 5.08. The molecule has 1 fully saturated rings. The van der Waals surface area contributed by atoms with E-state index >= 15 is 0 Å². The Kier molecular flexibility index (Phi) is 4.19. The van der Waals surface area contributed by atoms with Crippen molar-refractivity contribution in [2.75, 3.05) is 18.4 Å².